The summed E-state index contributed by atoms with van der Waals surface area (Å²) in [4.78, 5) is 0. The van der Waals surface area contributed by atoms with Crippen LogP contribution in [0.1, 0.15) is 40.5 Å². The Kier molecular flexibility index (Phi) is 7.54. The van der Waals surface area contributed by atoms with Gasteiger partial charge in [0.1, 0.15) is 0 Å². The Hall–Kier alpha value is -1.26. The van der Waals surface area contributed by atoms with E-state index in [2.05, 4.69) is 26.1 Å². The second-order valence-corrected chi connectivity index (χ2v) is 5.91. The van der Waals surface area contributed by atoms with Crippen LogP contribution in [0.3, 0.4) is 0 Å². The van der Waals surface area contributed by atoms with Gasteiger partial charge in [-0.25, -0.2) is 0 Å². The number of ether oxygens (including phenoxy) is 2. The van der Waals surface area contributed by atoms with Crippen molar-refractivity contribution in [3.63, 3.8) is 0 Å². The van der Waals surface area contributed by atoms with E-state index >= 15 is 0 Å². The lowest BCUT2D eigenvalue weighted by atomic mass is 9.98. The molecule has 0 spiro atoms. The number of rotatable bonds is 10. The summed E-state index contributed by atoms with van der Waals surface area (Å²) < 4.78 is 11.5. The second-order valence-electron chi connectivity index (χ2n) is 5.91. The van der Waals surface area contributed by atoms with Crippen molar-refractivity contribution in [2.45, 2.75) is 52.1 Å². The van der Waals surface area contributed by atoms with Gasteiger partial charge < -0.3 is 19.9 Å². The fourth-order valence-electron chi connectivity index (χ4n) is 2.18. The number of hydrogen-bond donors (Lipinski definition) is 2. The molecule has 1 atom stereocenters. The second kappa shape index (κ2) is 8.90. The summed E-state index contributed by atoms with van der Waals surface area (Å²) in [5.41, 5.74) is -0.326. The number of aliphatic hydroxyl groups excluding tert-OH is 1. The molecule has 0 fully saturated rings. The van der Waals surface area contributed by atoms with Gasteiger partial charge in [-0.1, -0.05) is 32.9 Å². The molecule has 0 heterocycles. The average Bonchev–Trinajstić information content (AvgIpc) is 2.45. The van der Waals surface area contributed by atoms with Crippen molar-refractivity contribution < 1.29 is 14.6 Å². The fraction of sp³-hybridized carbons (Fsp3) is 0.647. The monoisotopic (exact) mass is 295 g/mol. The molecule has 0 aliphatic rings. The summed E-state index contributed by atoms with van der Waals surface area (Å²) in [6.07, 6.45) is 1.69. The average molecular weight is 295 g/mol. The lowest BCUT2D eigenvalue weighted by Crippen LogP contribution is -2.49. The van der Waals surface area contributed by atoms with E-state index in [1.807, 2.05) is 31.2 Å². The van der Waals surface area contributed by atoms with Gasteiger partial charge in [0.15, 0.2) is 11.5 Å². The molecular formula is C17H29NO3. The molecule has 4 nitrogen and oxygen atoms in total. The maximum atomic E-state index is 9.56. The van der Waals surface area contributed by atoms with Gasteiger partial charge in [0, 0.05) is 18.0 Å². The summed E-state index contributed by atoms with van der Waals surface area (Å²) in [6.45, 7) is 9.53. The van der Waals surface area contributed by atoms with Crippen LogP contribution in [0.4, 0.5) is 0 Å². The predicted molar refractivity (Wildman–Crippen MR) is 86.1 cm³/mol. The molecule has 0 amide bonds. The maximum Gasteiger partial charge on any atom is 0.161 e. The first-order valence-corrected chi connectivity index (χ1v) is 7.74. The van der Waals surface area contributed by atoms with Crippen LogP contribution in [0.15, 0.2) is 24.3 Å². The van der Waals surface area contributed by atoms with Gasteiger partial charge in [-0.05, 0) is 25.5 Å². The van der Waals surface area contributed by atoms with Crippen molar-refractivity contribution in [1.29, 1.82) is 0 Å². The molecule has 1 unspecified atom stereocenters. The van der Waals surface area contributed by atoms with Crippen LogP contribution in [0.25, 0.3) is 0 Å². The van der Waals surface area contributed by atoms with Gasteiger partial charge in [-0.2, -0.15) is 0 Å². The Morgan fingerprint density at radius 1 is 1.14 bits per heavy atom. The van der Waals surface area contributed by atoms with Crippen molar-refractivity contribution >= 4 is 0 Å². The Labute approximate surface area is 128 Å². The number of benzene rings is 1. The molecule has 1 rings (SSSR count). The van der Waals surface area contributed by atoms with Gasteiger partial charge >= 0.3 is 0 Å². The highest BCUT2D eigenvalue weighted by molar-refractivity contribution is 5.39. The van der Waals surface area contributed by atoms with Crippen molar-refractivity contribution in [2.75, 3.05) is 19.8 Å². The number of aliphatic hydroxyl groups is 1. The summed E-state index contributed by atoms with van der Waals surface area (Å²) in [5.74, 6) is 1.54. The zero-order valence-electron chi connectivity index (χ0n) is 13.7. The van der Waals surface area contributed by atoms with E-state index in [1.54, 1.807) is 0 Å². The maximum absolute atomic E-state index is 9.56. The van der Waals surface area contributed by atoms with E-state index in [0.717, 1.165) is 24.3 Å². The van der Waals surface area contributed by atoms with Gasteiger partial charge in [0.25, 0.3) is 0 Å². The quantitative estimate of drug-likeness (QED) is 0.697. The minimum absolute atomic E-state index is 0.0858. The summed E-state index contributed by atoms with van der Waals surface area (Å²) in [6, 6.07) is 8.03. The van der Waals surface area contributed by atoms with E-state index in [9.17, 15) is 5.11 Å². The standard InChI is InChI=1S/C17H29NO3/c1-5-11-20-15-8-6-7-9-16(15)21-12-10-17(4,13-19)18-14(2)3/h6-9,14,18-19H,5,10-13H2,1-4H3. The molecule has 0 aliphatic carbocycles. The highest BCUT2D eigenvalue weighted by Gasteiger charge is 2.23. The highest BCUT2D eigenvalue weighted by atomic mass is 16.5. The number of para-hydroxylation sites is 2. The van der Waals surface area contributed by atoms with Crippen molar-refractivity contribution in [3.8, 4) is 11.5 Å². The van der Waals surface area contributed by atoms with Crippen molar-refractivity contribution in [3.05, 3.63) is 24.3 Å². The molecule has 0 radical (unpaired) electrons. The molecular weight excluding hydrogens is 266 g/mol. The summed E-state index contributed by atoms with van der Waals surface area (Å²) >= 11 is 0. The Bertz CT molecular complexity index is 409. The van der Waals surface area contributed by atoms with E-state index in [0.29, 0.717) is 19.3 Å². The Morgan fingerprint density at radius 2 is 1.71 bits per heavy atom. The lowest BCUT2D eigenvalue weighted by molar-refractivity contribution is 0.135. The molecule has 0 bridgehead atoms. The van der Waals surface area contributed by atoms with Crippen LogP contribution in [0, 0.1) is 0 Å². The summed E-state index contributed by atoms with van der Waals surface area (Å²) in [5, 5.41) is 12.9. The molecule has 120 valence electrons. The van der Waals surface area contributed by atoms with Crippen LogP contribution in [-0.2, 0) is 0 Å². The Balaban J connectivity index is 2.54. The molecule has 2 N–H and O–H groups in total. The molecule has 0 saturated heterocycles. The van der Waals surface area contributed by atoms with Crippen LogP contribution in [0.5, 0.6) is 11.5 Å². The van der Waals surface area contributed by atoms with Crippen molar-refractivity contribution in [2.24, 2.45) is 0 Å². The van der Waals surface area contributed by atoms with E-state index in [-0.39, 0.29) is 12.1 Å². The first kappa shape index (κ1) is 17.8. The van der Waals surface area contributed by atoms with Crippen LogP contribution < -0.4 is 14.8 Å². The third kappa shape index (κ3) is 6.36. The molecule has 21 heavy (non-hydrogen) atoms. The van der Waals surface area contributed by atoms with E-state index in [1.165, 1.54) is 0 Å². The predicted octanol–water partition coefficient (Wildman–Crippen LogP) is 2.99. The first-order chi connectivity index (χ1) is 10.0. The topological polar surface area (TPSA) is 50.7 Å². The fourth-order valence-corrected chi connectivity index (χ4v) is 2.18. The summed E-state index contributed by atoms with van der Waals surface area (Å²) in [7, 11) is 0. The molecule has 4 heteroatoms. The zero-order chi connectivity index (χ0) is 15.7. The molecule has 0 aromatic heterocycles. The molecule has 0 aliphatic heterocycles. The molecule has 1 aromatic rings. The van der Waals surface area contributed by atoms with Gasteiger partial charge in [0.2, 0.25) is 0 Å². The minimum Gasteiger partial charge on any atom is -0.490 e. The first-order valence-electron chi connectivity index (χ1n) is 7.74. The van der Waals surface area contributed by atoms with Gasteiger partial charge in [-0.15, -0.1) is 0 Å². The van der Waals surface area contributed by atoms with E-state index < -0.39 is 0 Å². The van der Waals surface area contributed by atoms with Crippen LogP contribution >= 0.6 is 0 Å². The largest absolute Gasteiger partial charge is 0.490 e. The lowest BCUT2D eigenvalue weighted by Gasteiger charge is -2.31. The number of nitrogens with one attached hydrogen (secondary N) is 1. The zero-order valence-corrected chi connectivity index (χ0v) is 13.7. The third-order valence-electron chi connectivity index (χ3n) is 3.21. The highest BCUT2D eigenvalue weighted by Crippen LogP contribution is 2.27. The van der Waals surface area contributed by atoms with Gasteiger partial charge in [-0.3, -0.25) is 0 Å². The molecule has 1 aromatic carbocycles. The van der Waals surface area contributed by atoms with Crippen LogP contribution in [0.2, 0.25) is 0 Å². The van der Waals surface area contributed by atoms with Crippen LogP contribution in [-0.4, -0.2) is 36.5 Å². The normalized spacial score (nSPS) is 14.0. The SMILES string of the molecule is CCCOc1ccccc1OCCC(C)(CO)NC(C)C. The minimum atomic E-state index is -0.326. The van der Waals surface area contributed by atoms with E-state index in [4.69, 9.17) is 9.47 Å². The van der Waals surface area contributed by atoms with Crippen molar-refractivity contribution in [1.82, 2.24) is 5.32 Å². The Morgan fingerprint density at radius 3 is 2.19 bits per heavy atom. The third-order valence-corrected chi connectivity index (χ3v) is 3.21. The number of hydrogen-bond acceptors (Lipinski definition) is 4. The smallest absolute Gasteiger partial charge is 0.161 e. The van der Waals surface area contributed by atoms with Gasteiger partial charge in [0.05, 0.1) is 19.8 Å². The molecule has 0 saturated carbocycles.